The van der Waals surface area contributed by atoms with Gasteiger partial charge in [-0.2, -0.15) is 5.10 Å². The minimum atomic E-state index is -0.167. The number of nitrogen functional groups attached to an aromatic ring is 1. The minimum absolute atomic E-state index is 0.167. The Morgan fingerprint density at radius 1 is 1.42 bits per heavy atom. The van der Waals surface area contributed by atoms with Gasteiger partial charge in [0.05, 0.1) is 29.8 Å². The molecule has 0 fully saturated rings. The molecule has 2 heterocycles. The summed E-state index contributed by atoms with van der Waals surface area (Å²) in [5.74, 6) is 5.33. The van der Waals surface area contributed by atoms with Crippen LogP contribution in [0.2, 0.25) is 0 Å². The zero-order valence-electron chi connectivity index (χ0n) is 10.9. The van der Waals surface area contributed by atoms with E-state index in [2.05, 4.69) is 15.5 Å². The van der Waals surface area contributed by atoms with Crippen molar-refractivity contribution < 1.29 is 0 Å². The van der Waals surface area contributed by atoms with Gasteiger partial charge >= 0.3 is 0 Å². The van der Waals surface area contributed by atoms with Crippen molar-refractivity contribution in [3.05, 3.63) is 46.6 Å². The van der Waals surface area contributed by atoms with Crippen LogP contribution in [0.15, 0.2) is 35.4 Å². The molecule has 0 saturated heterocycles. The molecule has 0 spiro atoms. The molecule has 0 bridgehead atoms. The second-order valence-electron chi connectivity index (χ2n) is 4.28. The van der Waals surface area contributed by atoms with Gasteiger partial charge in [0.2, 0.25) is 0 Å². The van der Waals surface area contributed by atoms with Crippen molar-refractivity contribution in [3.8, 4) is 0 Å². The Bertz CT molecular complexity index is 622. The van der Waals surface area contributed by atoms with Crippen molar-refractivity contribution in [2.24, 2.45) is 5.84 Å². The Morgan fingerprint density at radius 2 is 2.21 bits per heavy atom. The summed E-state index contributed by atoms with van der Waals surface area (Å²) in [4.78, 5) is 17.9. The predicted molar refractivity (Wildman–Crippen MR) is 74.0 cm³/mol. The molecule has 0 atom stereocenters. The van der Waals surface area contributed by atoms with E-state index in [1.54, 1.807) is 24.5 Å². The third-order valence-electron chi connectivity index (χ3n) is 2.67. The van der Waals surface area contributed by atoms with Crippen molar-refractivity contribution in [3.63, 3.8) is 0 Å². The van der Waals surface area contributed by atoms with Crippen molar-refractivity contribution in [2.75, 3.05) is 24.4 Å². The molecule has 0 amide bonds. The van der Waals surface area contributed by atoms with Gasteiger partial charge in [0.1, 0.15) is 0 Å². The third-order valence-corrected chi connectivity index (χ3v) is 2.67. The molecule has 7 nitrogen and oxygen atoms in total. The lowest BCUT2D eigenvalue weighted by Crippen LogP contribution is -2.25. The van der Waals surface area contributed by atoms with Gasteiger partial charge < -0.3 is 10.3 Å². The molecule has 0 aliphatic heterocycles. The van der Waals surface area contributed by atoms with Crippen LogP contribution in [-0.2, 0) is 6.54 Å². The Hall–Kier alpha value is -2.41. The average molecular weight is 260 g/mol. The summed E-state index contributed by atoms with van der Waals surface area (Å²) in [5, 5.41) is 4.12. The monoisotopic (exact) mass is 260 g/mol. The smallest absolute Gasteiger partial charge is 0.269 e. The summed E-state index contributed by atoms with van der Waals surface area (Å²) in [6, 6.07) is 5.06. The third kappa shape index (κ3) is 3.08. The van der Waals surface area contributed by atoms with Crippen LogP contribution in [0.25, 0.3) is 0 Å². The predicted octanol–water partition coefficient (Wildman–Crippen LogP) is 0.0382. The van der Waals surface area contributed by atoms with E-state index < -0.39 is 0 Å². The molecule has 100 valence electrons. The second-order valence-corrected chi connectivity index (χ2v) is 4.28. The summed E-state index contributed by atoms with van der Waals surface area (Å²) >= 11 is 0. The molecule has 0 aromatic carbocycles. The molecular formula is C12H16N6O. The Kier molecular flexibility index (Phi) is 3.76. The molecule has 2 aromatic heterocycles. The number of hydrogen-bond acceptors (Lipinski definition) is 6. The normalized spacial score (nSPS) is 10.3. The van der Waals surface area contributed by atoms with Crippen LogP contribution in [-0.4, -0.2) is 28.9 Å². The maximum atomic E-state index is 11.9. The van der Waals surface area contributed by atoms with Crippen molar-refractivity contribution in [1.82, 2.24) is 14.8 Å². The average Bonchev–Trinajstić information content (AvgIpc) is 2.41. The standard InChI is InChI=1S/C12H16N6O/c1-17(2)11-6-12(19)18(15-7-11)8-10-5-9(16-13)3-4-14-10/h3-7H,8,13H2,1-2H3,(H,14,16). The van der Waals surface area contributed by atoms with Gasteiger partial charge in [-0.3, -0.25) is 15.6 Å². The van der Waals surface area contributed by atoms with Crippen LogP contribution >= 0.6 is 0 Å². The summed E-state index contributed by atoms with van der Waals surface area (Å²) in [7, 11) is 3.72. The van der Waals surface area contributed by atoms with Crippen LogP contribution < -0.4 is 21.7 Å². The van der Waals surface area contributed by atoms with Crippen LogP contribution in [0.3, 0.4) is 0 Å². The summed E-state index contributed by atoms with van der Waals surface area (Å²) in [6.07, 6.45) is 3.27. The molecule has 2 rings (SSSR count). The van der Waals surface area contributed by atoms with E-state index in [0.29, 0.717) is 12.2 Å². The molecule has 7 heteroatoms. The first-order valence-corrected chi connectivity index (χ1v) is 5.76. The molecular weight excluding hydrogens is 244 g/mol. The van der Waals surface area contributed by atoms with Gasteiger partial charge in [-0.25, -0.2) is 4.68 Å². The van der Waals surface area contributed by atoms with Gasteiger partial charge in [0.25, 0.3) is 5.56 Å². The maximum Gasteiger partial charge on any atom is 0.269 e. The van der Waals surface area contributed by atoms with E-state index in [1.165, 1.54) is 10.7 Å². The lowest BCUT2D eigenvalue weighted by molar-refractivity contribution is 0.627. The Labute approximate surface area is 110 Å². The molecule has 3 N–H and O–H groups in total. The minimum Gasteiger partial charge on any atom is -0.376 e. The molecule has 0 aliphatic carbocycles. The number of hydrazine groups is 1. The van der Waals surface area contributed by atoms with Gasteiger partial charge in [-0.15, -0.1) is 0 Å². The van der Waals surface area contributed by atoms with E-state index in [4.69, 9.17) is 5.84 Å². The first-order chi connectivity index (χ1) is 9.10. The SMILES string of the molecule is CN(C)c1cnn(Cc2cc(NN)ccn2)c(=O)c1. The molecule has 0 saturated carbocycles. The molecule has 0 radical (unpaired) electrons. The van der Waals surface area contributed by atoms with E-state index in [9.17, 15) is 4.79 Å². The van der Waals surface area contributed by atoms with E-state index in [-0.39, 0.29) is 5.56 Å². The van der Waals surface area contributed by atoms with E-state index >= 15 is 0 Å². The highest BCUT2D eigenvalue weighted by molar-refractivity contribution is 5.42. The van der Waals surface area contributed by atoms with Gasteiger partial charge in [-0.1, -0.05) is 0 Å². The maximum absolute atomic E-state index is 11.9. The zero-order valence-corrected chi connectivity index (χ0v) is 10.9. The summed E-state index contributed by atoms with van der Waals surface area (Å²) in [6.45, 7) is 0.308. The van der Waals surface area contributed by atoms with Crippen LogP contribution in [0.5, 0.6) is 0 Å². The number of rotatable bonds is 4. The first kappa shape index (κ1) is 13.0. The molecule has 19 heavy (non-hydrogen) atoms. The topological polar surface area (TPSA) is 89.1 Å². The highest BCUT2D eigenvalue weighted by atomic mass is 16.1. The van der Waals surface area contributed by atoms with E-state index in [0.717, 1.165) is 11.4 Å². The molecule has 0 aliphatic rings. The number of nitrogens with two attached hydrogens (primary N) is 1. The lowest BCUT2D eigenvalue weighted by Gasteiger charge is -2.12. The fraction of sp³-hybridized carbons (Fsp3) is 0.250. The molecule has 0 unspecified atom stereocenters. The second kappa shape index (κ2) is 5.49. The van der Waals surface area contributed by atoms with Crippen molar-refractivity contribution >= 4 is 11.4 Å². The fourth-order valence-corrected chi connectivity index (χ4v) is 1.60. The number of nitrogens with one attached hydrogen (secondary N) is 1. The zero-order chi connectivity index (χ0) is 13.8. The summed E-state index contributed by atoms with van der Waals surface area (Å²) < 4.78 is 1.36. The van der Waals surface area contributed by atoms with Gasteiger partial charge in [0.15, 0.2) is 0 Å². The quantitative estimate of drug-likeness (QED) is 0.596. The number of anilines is 2. The highest BCUT2D eigenvalue weighted by Gasteiger charge is 2.04. The number of aromatic nitrogens is 3. The lowest BCUT2D eigenvalue weighted by atomic mass is 10.3. The Morgan fingerprint density at radius 3 is 2.84 bits per heavy atom. The van der Waals surface area contributed by atoms with Gasteiger partial charge in [0, 0.05) is 26.4 Å². The summed E-state index contributed by atoms with van der Waals surface area (Å²) in [5.41, 5.74) is 4.59. The number of pyridine rings is 1. The number of hydrogen-bond donors (Lipinski definition) is 2. The van der Waals surface area contributed by atoms with E-state index in [1.807, 2.05) is 19.0 Å². The number of nitrogens with zero attached hydrogens (tertiary/aromatic N) is 4. The van der Waals surface area contributed by atoms with Crippen molar-refractivity contribution in [1.29, 1.82) is 0 Å². The fourth-order valence-electron chi connectivity index (χ4n) is 1.60. The van der Waals surface area contributed by atoms with Crippen LogP contribution in [0.4, 0.5) is 11.4 Å². The largest absolute Gasteiger partial charge is 0.376 e. The Balaban J connectivity index is 2.26. The van der Waals surface area contributed by atoms with Crippen LogP contribution in [0, 0.1) is 0 Å². The van der Waals surface area contributed by atoms with Crippen LogP contribution in [0.1, 0.15) is 5.69 Å². The van der Waals surface area contributed by atoms with Gasteiger partial charge in [-0.05, 0) is 12.1 Å². The van der Waals surface area contributed by atoms with Crippen molar-refractivity contribution in [2.45, 2.75) is 6.54 Å². The first-order valence-electron chi connectivity index (χ1n) is 5.76. The molecule has 2 aromatic rings. The highest BCUT2D eigenvalue weighted by Crippen LogP contribution is 2.07.